The second-order valence-corrected chi connectivity index (χ2v) is 17.1. The maximum atomic E-state index is 2.41. The van der Waals surface area contributed by atoms with Crippen LogP contribution in [0.15, 0.2) is 243 Å². The Balaban J connectivity index is 0.921. The number of para-hydroxylation sites is 3. The van der Waals surface area contributed by atoms with Gasteiger partial charge in [0, 0.05) is 53.6 Å². The maximum Gasteiger partial charge on any atom is 0.0541 e. The number of hydrogen-bond acceptors (Lipinski definition) is 2. The van der Waals surface area contributed by atoms with Crippen molar-refractivity contribution in [3.63, 3.8) is 0 Å². The zero-order valence-electron chi connectivity index (χ0n) is 34.4. The van der Waals surface area contributed by atoms with Gasteiger partial charge in [-0.25, -0.2) is 0 Å². The van der Waals surface area contributed by atoms with Crippen LogP contribution < -0.4 is 4.90 Å². The second kappa shape index (κ2) is 15.5. The molecule has 10 aromatic carbocycles. The zero-order chi connectivity index (χ0) is 41.7. The smallest absolute Gasteiger partial charge is 0.0541 e. The highest BCUT2D eigenvalue weighted by molar-refractivity contribution is 7.26. The van der Waals surface area contributed by atoms with Crippen molar-refractivity contribution in [2.75, 3.05) is 4.90 Å². The highest BCUT2D eigenvalue weighted by Crippen LogP contribution is 2.43. The molecule has 0 N–H and O–H groups in total. The number of thiophene rings is 1. The van der Waals surface area contributed by atoms with E-state index in [2.05, 4.69) is 252 Å². The van der Waals surface area contributed by atoms with E-state index in [0.29, 0.717) is 0 Å². The van der Waals surface area contributed by atoms with Gasteiger partial charge in [-0.2, -0.15) is 0 Å². The van der Waals surface area contributed by atoms with Crippen molar-refractivity contribution >= 4 is 70.4 Å². The highest BCUT2D eigenvalue weighted by atomic mass is 32.1. The lowest BCUT2D eigenvalue weighted by Crippen LogP contribution is -2.09. The van der Waals surface area contributed by atoms with Gasteiger partial charge in [-0.05, 0) is 99.6 Å². The first-order valence-corrected chi connectivity index (χ1v) is 22.3. The fourth-order valence-corrected chi connectivity index (χ4v) is 10.7. The summed E-state index contributed by atoms with van der Waals surface area (Å²) in [6.07, 6.45) is 0. The Morgan fingerprint density at radius 1 is 0.302 bits per heavy atom. The molecule has 0 aliphatic heterocycles. The summed E-state index contributed by atoms with van der Waals surface area (Å²) in [5, 5.41) is 5.14. The third-order valence-electron chi connectivity index (χ3n) is 12.4. The Morgan fingerprint density at radius 3 is 1.38 bits per heavy atom. The van der Waals surface area contributed by atoms with E-state index in [1.54, 1.807) is 0 Å². The Morgan fingerprint density at radius 2 is 0.746 bits per heavy atom. The summed E-state index contributed by atoms with van der Waals surface area (Å²) in [6.45, 7) is 0. The third kappa shape index (κ3) is 6.50. The number of anilines is 3. The fourth-order valence-electron chi connectivity index (χ4n) is 9.39. The standard InChI is InChI=1S/C60H40N2S/c1-3-14-41(15-4-1)42-26-33-47(34-27-42)61(48-35-28-43(29-36-48)46-32-39-54-55-22-13-21-51(44-16-5-2-6-17-44)60(55)63-59(54)40-46)49-37-30-45(31-38-49)50-18-7-10-23-56(50)62-57-24-11-8-19-52(57)53-20-9-12-25-58(53)62/h1-40H. The second-order valence-electron chi connectivity index (χ2n) is 16.1. The minimum atomic E-state index is 1.09. The predicted octanol–water partition coefficient (Wildman–Crippen LogP) is 17.3. The molecule has 296 valence electrons. The largest absolute Gasteiger partial charge is 0.311 e. The van der Waals surface area contributed by atoms with Crippen LogP contribution in [-0.4, -0.2) is 4.57 Å². The quantitative estimate of drug-likeness (QED) is 0.148. The van der Waals surface area contributed by atoms with E-state index in [9.17, 15) is 0 Å². The SMILES string of the molecule is c1ccc(-c2ccc(N(c3ccc(-c4ccc5c(c4)sc4c(-c6ccccc6)cccc45)cc3)c3ccc(-c4ccccc4-n4c5ccccc5c5ccccc54)cc3)cc2)cc1. The van der Waals surface area contributed by atoms with Gasteiger partial charge in [0.2, 0.25) is 0 Å². The molecule has 0 unspecified atom stereocenters. The summed E-state index contributed by atoms with van der Waals surface area (Å²) in [5.41, 5.74) is 16.6. The van der Waals surface area contributed by atoms with Gasteiger partial charge in [-0.1, -0.05) is 182 Å². The monoisotopic (exact) mass is 820 g/mol. The number of aromatic nitrogens is 1. The average molecular weight is 821 g/mol. The molecular formula is C60H40N2S. The van der Waals surface area contributed by atoms with Crippen LogP contribution in [0.3, 0.4) is 0 Å². The molecule has 3 heteroatoms. The zero-order valence-corrected chi connectivity index (χ0v) is 35.2. The molecule has 12 aromatic rings. The minimum absolute atomic E-state index is 1.09. The third-order valence-corrected chi connectivity index (χ3v) is 13.6. The highest BCUT2D eigenvalue weighted by Gasteiger charge is 2.18. The lowest BCUT2D eigenvalue weighted by Gasteiger charge is -2.26. The Kier molecular flexibility index (Phi) is 9.06. The molecule has 12 rings (SSSR count). The van der Waals surface area contributed by atoms with Crippen molar-refractivity contribution in [2.24, 2.45) is 0 Å². The average Bonchev–Trinajstić information content (AvgIpc) is 3.91. The van der Waals surface area contributed by atoms with Gasteiger partial charge < -0.3 is 9.47 Å². The van der Waals surface area contributed by atoms with Crippen molar-refractivity contribution < 1.29 is 0 Å². The van der Waals surface area contributed by atoms with Gasteiger partial charge in [0.15, 0.2) is 0 Å². The van der Waals surface area contributed by atoms with Crippen LogP contribution in [0.5, 0.6) is 0 Å². The van der Waals surface area contributed by atoms with Crippen LogP contribution in [0, 0.1) is 0 Å². The molecule has 0 saturated carbocycles. The van der Waals surface area contributed by atoms with Gasteiger partial charge >= 0.3 is 0 Å². The molecule has 0 saturated heterocycles. The first-order valence-electron chi connectivity index (χ1n) is 21.5. The van der Waals surface area contributed by atoms with E-state index in [4.69, 9.17) is 0 Å². The maximum absolute atomic E-state index is 2.41. The molecule has 2 aromatic heterocycles. The Bertz CT molecular complexity index is 3530. The van der Waals surface area contributed by atoms with E-state index >= 15 is 0 Å². The van der Waals surface area contributed by atoms with Crippen molar-refractivity contribution in [3.8, 4) is 50.2 Å². The van der Waals surface area contributed by atoms with E-state index in [-0.39, 0.29) is 0 Å². The molecule has 0 atom stereocenters. The van der Waals surface area contributed by atoms with Gasteiger partial charge in [0.25, 0.3) is 0 Å². The Labute approximate surface area is 370 Å². The lowest BCUT2D eigenvalue weighted by molar-refractivity contribution is 1.18. The first-order chi connectivity index (χ1) is 31.2. The number of benzene rings is 10. The Hall–Kier alpha value is -7.98. The molecule has 2 nitrogen and oxygen atoms in total. The molecule has 0 radical (unpaired) electrons. The van der Waals surface area contributed by atoms with Crippen LogP contribution in [-0.2, 0) is 0 Å². The molecule has 0 bridgehead atoms. The van der Waals surface area contributed by atoms with Crippen LogP contribution >= 0.6 is 11.3 Å². The predicted molar refractivity (Wildman–Crippen MR) is 270 cm³/mol. The molecule has 0 fully saturated rings. The normalized spacial score (nSPS) is 11.5. The summed E-state index contributed by atoms with van der Waals surface area (Å²) in [6, 6.07) is 88.2. The number of hydrogen-bond donors (Lipinski definition) is 0. The number of rotatable bonds is 8. The van der Waals surface area contributed by atoms with Gasteiger partial charge in [0.1, 0.15) is 0 Å². The van der Waals surface area contributed by atoms with Crippen molar-refractivity contribution in [1.82, 2.24) is 4.57 Å². The molecule has 0 amide bonds. The molecular weight excluding hydrogens is 781 g/mol. The van der Waals surface area contributed by atoms with E-state index in [1.165, 1.54) is 86.5 Å². The van der Waals surface area contributed by atoms with Gasteiger partial charge in [-0.3, -0.25) is 0 Å². The minimum Gasteiger partial charge on any atom is -0.311 e. The first kappa shape index (κ1) is 36.8. The molecule has 0 spiro atoms. The van der Waals surface area contributed by atoms with Crippen LogP contribution in [0.2, 0.25) is 0 Å². The number of fused-ring (bicyclic) bond motifs is 6. The molecule has 0 aliphatic rings. The van der Waals surface area contributed by atoms with Gasteiger partial charge in [-0.15, -0.1) is 11.3 Å². The van der Waals surface area contributed by atoms with E-state index < -0.39 is 0 Å². The summed E-state index contributed by atoms with van der Waals surface area (Å²) >= 11 is 1.88. The van der Waals surface area contributed by atoms with Crippen molar-refractivity contribution in [2.45, 2.75) is 0 Å². The molecule has 2 heterocycles. The van der Waals surface area contributed by atoms with E-state index in [1.807, 2.05) is 11.3 Å². The van der Waals surface area contributed by atoms with Crippen molar-refractivity contribution in [1.29, 1.82) is 0 Å². The summed E-state index contributed by atoms with van der Waals surface area (Å²) in [4.78, 5) is 2.36. The van der Waals surface area contributed by atoms with Crippen LogP contribution in [0.4, 0.5) is 17.1 Å². The van der Waals surface area contributed by atoms with Crippen molar-refractivity contribution in [3.05, 3.63) is 243 Å². The molecule has 0 aliphatic carbocycles. The summed E-state index contributed by atoms with van der Waals surface area (Å²) in [7, 11) is 0. The van der Waals surface area contributed by atoms with E-state index in [0.717, 1.165) is 22.7 Å². The topological polar surface area (TPSA) is 8.17 Å². The molecule has 63 heavy (non-hydrogen) atoms. The van der Waals surface area contributed by atoms with Crippen LogP contribution in [0.1, 0.15) is 0 Å². The summed E-state index contributed by atoms with van der Waals surface area (Å²) in [5.74, 6) is 0. The summed E-state index contributed by atoms with van der Waals surface area (Å²) < 4.78 is 5.05. The van der Waals surface area contributed by atoms with Crippen LogP contribution in [0.25, 0.3) is 92.2 Å². The van der Waals surface area contributed by atoms with Gasteiger partial charge in [0.05, 0.1) is 16.7 Å². The number of nitrogens with zero attached hydrogens (tertiary/aromatic N) is 2. The lowest BCUT2D eigenvalue weighted by atomic mass is 10.0. The fraction of sp³-hybridized carbons (Fsp3) is 0.